The van der Waals surface area contributed by atoms with Gasteiger partial charge in [0.05, 0.1) is 16.8 Å². The van der Waals surface area contributed by atoms with Gasteiger partial charge in [-0.3, -0.25) is 9.79 Å². The zero-order valence-corrected chi connectivity index (χ0v) is 19.0. The van der Waals surface area contributed by atoms with Crippen LogP contribution in [0.4, 0.5) is 10.1 Å². The molecule has 0 saturated heterocycles. The molecule has 8 nitrogen and oxygen atoms in total. The smallest absolute Gasteiger partial charge is 0.274 e. The van der Waals surface area contributed by atoms with Crippen LogP contribution < -0.4 is 11.1 Å². The summed E-state index contributed by atoms with van der Waals surface area (Å²) in [7, 11) is 0. The first-order valence-electron chi connectivity index (χ1n) is 10.1. The number of carbonyl (C=O) groups excluding carboxylic acids is 1. The molecule has 0 fully saturated rings. The Labute approximate surface area is 194 Å². The fraction of sp³-hybridized carbons (Fsp3) is 0.261. The topological polar surface area (TPSA) is 130 Å². The number of pyridine rings is 1. The molecule has 0 aliphatic carbocycles. The lowest BCUT2D eigenvalue weighted by Crippen LogP contribution is -2.31. The molecule has 3 N–H and O–H groups in total. The Balaban J connectivity index is 1.64. The zero-order chi connectivity index (χ0) is 23.8. The van der Waals surface area contributed by atoms with Crippen LogP contribution in [0.5, 0.6) is 0 Å². The Kier molecular flexibility index (Phi) is 5.91. The molecule has 10 heteroatoms. The number of nitrogens with two attached hydrogens (primary N) is 1. The van der Waals surface area contributed by atoms with E-state index >= 15 is 0 Å². The van der Waals surface area contributed by atoms with Crippen LogP contribution in [0.3, 0.4) is 0 Å². The van der Waals surface area contributed by atoms with Crippen molar-refractivity contribution < 1.29 is 13.7 Å². The maximum atomic E-state index is 15.0. The summed E-state index contributed by atoms with van der Waals surface area (Å²) >= 11 is 1.39. The van der Waals surface area contributed by atoms with E-state index in [2.05, 4.69) is 20.4 Å². The quantitative estimate of drug-likeness (QED) is 0.587. The average molecular weight is 465 g/mol. The number of amidine groups is 1. The van der Waals surface area contributed by atoms with Gasteiger partial charge in [0.15, 0.2) is 5.17 Å². The molecular formula is C23H21FN6O2S. The average Bonchev–Trinajstić information content (AvgIpc) is 3.12. The highest BCUT2D eigenvalue weighted by Crippen LogP contribution is 2.48. The highest BCUT2D eigenvalue weighted by Gasteiger charge is 2.39. The molecule has 0 bridgehead atoms. The van der Waals surface area contributed by atoms with Crippen molar-refractivity contribution in [3.05, 3.63) is 76.2 Å². The Hall–Kier alpha value is -3.71. The SMILES string of the molecule is Cc1noc(C)c1[C@@H]1C[C@](C)(c2cc(NC(=O)c3ccc(C#N)cn3)ccc2F)N=C(N)S1. The van der Waals surface area contributed by atoms with Crippen molar-refractivity contribution in [2.75, 3.05) is 5.32 Å². The molecule has 3 heterocycles. The Morgan fingerprint density at radius 1 is 1.36 bits per heavy atom. The monoisotopic (exact) mass is 464 g/mol. The molecule has 0 spiro atoms. The highest BCUT2D eigenvalue weighted by atomic mass is 32.2. The summed E-state index contributed by atoms with van der Waals surface area (Å²) in [6, 6.07) is 9.24. The fourth-order valence-electron chi connectivity index (χ4n) is 3.95. The minimum atomic E-state index is -0.965. The second kappa shape index (κ2) is 8.67. The summed E-state index contributed by atoms with van der Waals surface area (Å²) in [5.41, 5.74) is 8.08. The van der Waals surface area contributed by atoms with E-state index in [0.717, 1.165) is 11.3 Å². The van der Waals surface area contributed by atoms with Gasteiger partial charge < -0.3 is 15.6 Å². The largest absolute Gasteiger partial charge is 0.378 e. The molecule has 0 radical (unpaired) electrons. The van der Waals surface area contributed by atoms with Crippen LogP contribution in [0.1, 0.15) is 57.2 Å². The number of anilines is 1. The van der Waals surface area contributed by atoms with Crippen molar-refractivity contribution in [3.63, 3.8) is 0 Å². The molecule has 168 valence electrons. The number of thioether (sulfide) groups is 1. The van der Waals surface area contributed by atoms with E-state index in [4.69, 9.17) is 15.5 Å². The fourth-order valence-corrected chi connectivity index (χ4v) is 5.36. The number of nitrogens with one attached hydrogen (secondary N) is 1. The third kappa shape index (κ3) is 4.45. The van der Waals surface area contributed by atoms with Crippen LogP contribution >= 0.6 is 11.8 Å². The zero-order valence-electron chi connectivity index (χ0n) is 18.2. The number of rotatable bonds is 4. The molecule has 1 aromatic carbocycles. The van der Waals surface area contributed by atoms with Gasteiger partial charge >= 0.3 is 0 Å². The van der Waals surface area contributed by atoms with Gasteiger partial charge in [-0.1, -0.05) is 16.9 Å². The van der Waals surface area contributed by atoms with Gasteiger partial charge in [-0.15, -0.1) is 0 Å². The van der Waals surface area contributed by atoms with Crippen LogP contribution in [0.2, 0.25) is 0 Å². The molecule has 1 aliphatic rings. The van der Waals surface area contributed by atoms with Crippen LogP contribution in [0, 0.1) is 31.0 Å². The highest BCUT2D eigenvalue weighted by molar-refractivity contribution is 8.14. The first kappa shape index (κ1) is 22.5. The molecule has 0 unspecified atom stereocenters. The number of hydrogen-bond acceptors (Lipinski definition) is 8. The van der Waals surface area contributed by atoms with Crippen molar-refractivity contribution >= 4 is 28.5 Å². The molecule has 3 aromatic rings. The maximum Gasteiger partial charge on any atom is 0.274 e. The standard InChI is InChI=1S/C23H21FN6O2S/c1-12-20(13(2)32-30-12)19-9-23(3,29-22(26)33-19)16-8-15(5-6-17(16)24)28-21(31)18-7-4-14(10-25)11-27-18/h4-8,11,19H,9H2,1-3H3,(H2,26,29)(H,28,31)/t19-,23+/m0/s1. The predicted octanol–water partition coefficient (Wildman–Crippen LogP) is 4.36. The van der Waals surface area contributed by atoms with Crippen molar-refractivity contribution in [2.24, 2.45) is 10.7 Å². The van der Waals surface area contributed by atoms with E-state index in [1.54, 1.807) is 6.07 Å². The molecule has 1 aliphatic heterocycles. The summed E-state index contributed by atoms with van der Waals surface area (Å²) in [5.74, 6) is -0.232. The lowest BCUT2D eigenvalue weighted by Gasteiger charge is -2.35. The number of hydrogen-bond donors (Lipinski definition) is 2. The first-order chi connectivity index (χ1) is 15.7. The van der Waals surface area contributed by atoms with Crippen LogP contribution in [0.25, 0.3) is 0 Å². The van der Waals surface area contributed by atoms with Gasteiger partial charge in [0, 0.05) is 28.3 Å². The summed E-state index contributed by atoms with van der Waals surface area (Å²) < 4.78 is 20.3. The van der Waals surface area contributed by atoms with Gasteiger partial charge in [0.2, 0.25) is 0 Å². The number of nitriles is 1. The van der Waals surface area contributed by atoms with E-state index in [0.29, 0.717) is 34.2 Å². The second-order valence-corrected chi connectivity index (χ2v) is 9.19. The number of halogens is 1. The number of carbonyl (C=O) groups is 1. The van der Waals surface area contributed by atoms with Crippen molar-refractivity contribution in [1.29, 1.82) is 5.26 Å². The molecule has 33 heavy (non-hydrogen) atoms. The van der Waals surface area contributed by atoms with Gasteiger partial charge in [-0.25, -0.2) is 9.37 Å². The van der Waals surface area contributed by atoms with Gasteiger partial charge in [0.25, 0.3) is 5.91 Å². The number of aromatic nitrogens is 2. The third-order valence-corrected chi connectivity index (χ3v) is 6.56. The molecule has 2 atom stereocenters. The van der Waals surface area contributed by atoms with Gasteiger partial charge in [-0.05, 0) is 57.5 Å². The van der Waals surface area contributed by atoms with E-state index in [1.165, 1.54) is 42.2 Å². The van der Waals surface area contributed by atoms with Crippen LogP contribution in [-0.2, 0) is 5.54 Å². The van der Waals surface area contributed by atoms with E-state index < -0.39 is 17.3 Å². The molecule has 1 amide bonds. The summed E-state index contributed by atoms with van der Waals surface area (Å²) in [4.78, 5) is 21.1. The first-order valence-corrected chi connectivity index (χ1v) is 11.0. The number of aryl methyl sites for hydroxylation is 2. The Morgan fingerprint density at radius 3 is 2.79 bits per heavy atom. The van der Waals surface area contributed by atoms with Gasteiger partial charge in [0.1, 0.15) is 23.3 Å². The molecule has 2 aromatic heterocycles. The number of aliphatic imine (C=N–C) groups is 1. The van der Waals surface area contributed by atoms with E-state index in [1.807, 2.05) is 26.8 Å². The number of amides is 1. The Morgan fingerprint density at radius 2 is 2.15 bits per heavy atom. The number of nitrogens with zero attached hydrogens (tertiary/aromatic N) is 4. The summed E-state index contributed by atoms with van der Waals surface area (Å²) in [6.45, 7) is 5.51. The van der Waals surface area contributed by atoms with Crippen molar-refractivity contribution in [2.45, 2.75) is 38.0 Å². The van der Waals surface area contributed by atoms with Crippen molar-refractivity contribution in [1.82, 2.24) is 10.1 Å². The minimum absolute atomic E-state index is 0.112. The lowest BCUT2D eigenvalue weighted by molar-refractivity contribution is 0.102. The summed E-state index contributed by atoms with van der Waals surface area (Å²) in [5, 5.41) is 15.9. The third-order valence-electron chi connectivity index (χ3n) is 5.54. The minimum Gasteiger partial charge on any atom is -0.378 e. The predicted molar refractivity (Wildman–Crippen MR) is 123 cm³/mol. The molecule has 4 rings (SSSR count). The summed E-state index contributed by atoms with van der Waals surface area (Å²) in [6.07, 6.45) is 1.78. The Bertz CT molecular complexity index is 1280. The normalized spacial score (nSPS) is 20.1. The van der Waals surface area contributed by atoms with E-state index in [9.17, 15) is 9.18 Å². The molecule has 0 saturated carbocycles. The van der Waals surface area contributed by atoms with Crippen LogP contribution in [-0.4, -0.2) is 21.2 Å². The van der Waals surface area contributed by atoms with E-state index in [-0.39, 0.29) is 10.9 Å². The maximum absolute atomic E-state index is 15.0. The van der Waals surface area contributed by atoms with Gasteiger partial charge in [-0.2, -0.15) is 5.26 Å². The van der Waals surface area contributed by atoms with Crippen LogP contribution in [0.15, 0.2) is 46.0 Å². The second-order valence-electron chi connectivity index (χ2n) is 7.97. The number of benzene rings is 1. The van der Waals surface area contributed by atoms with Crippen molar-refractivity contribution in [3.8, 4) is 6.07 Å². The molecular weight excluding hydrogens is 443 g/mol. The lowest BCUT2D eigenvalue weighted by atomic mass is 9.85.